The van der Waals surface area contributed by atoms with Crippen LogP contribution in [0.1, 0.15) is 16.7 Å². The molecule has 0 saturated carbocycles. The lowest BCUT2D eigenvalue weighted by Crippen LogP contribution is -1.90. The van der Waals surface area contributed by atoms with Crippen molar-refractivity contribution < 1.29 is 0 Å². The number of halogens is 2. The first-order chi connectivity index (χ1) is 7.00. The molecule has 1 nitrogen and oxygen atoms in total. The predicted molar refractivity (Wildman–Crippen MR) is 68.7 cm³/mol. The van der Waals surface area contributed by atoms with Crippen LogP contribution in [0.25, 0.3) is 10.9 Å². The van der Waals surface area contributed by atoms with Crippen molar-refractivity contribution in [2.45, 2.75) is 20.8 Å². The zero-order chi connectivity index (χ0) is 11.2. The van der Waals surface area contributed by atoms with E-state index in [1.54, 1.807) is 0 Å². The summed E-state index contributed by atoms with van der Waals surface area (Å²) in [6.45, 7) is 6.13. The van der Waals surface area contributed by atoms with E-state index < -0.39 is 0 Å². The Morgan fingerprint density at radius 1 is 1.13 bits per heavy atom. The minimum Gasteiger partial charge on any atom is -0.236 e. The highest BCUT2D eigenvalue weighted by molar-refractivity contribution is 9.10. The van der Waals surface area contributed by atoms with Gasteiger partial charge in [-0.1, -0.05) is 27.5 Å². The second kappa shape index (κ2) is 3.76. The fourth-order valence-corrected chi connectivity index (χ4v) is 2.17. The van der Waals surface area contributed by atoms with E-state index in [1.807, 2.05) is 6.92 Å². The van der Waals surface area contributed by atoms with Gasteiger partial charge in [0.15, 0.2) is 0 Å². The standard InChI is InChI=1S/C12H11BrClN/c1-6-5-10-9(8(3)11(6)13)4-7(2)12(14)15-10/h4-5H,1-3H3. The molecule has 0 saturated heterocycles. The largest absolute Gasteiger partial charge is 0.236 e. The molecular weight excluding hydrogens is 273 g/mol. The first-order valence-electron chi connectivity index (χ1n) is 4.73. The van der Waals surface area contributed by atoms with Crippen molar-refractivity contribution in [3.05, 3.63) is 38.4 Å². The first kappa shape index (κ1) is 10.9. The molecule has 1 aromatic carbocycles. The summed E-state index contributed by atoms with van der Waals surface area (Å²) in [6, 6.07) is 4.14. The van der Waals surface area contributed by atoms with Crippen LogP contribution in [0.3, 0.4) is 0 Å². The van der Waals surface area contributed by atoms with Crippen molar-refractivity contribution in [2.24, 2.45) is 0 Å². The van der Waals surface area contributed by atoms with Crippen LogP contribution in [0.15, 0.2) is 16.6 Å². The number of benzene rings is 1. The molecule has 78 valence electrons. The molecule has 0 atom stereocenters. The van der Waals surface area contributed by atoms with Gasteiger partial charge in [0.05, 0.1) is 5.52 Å². The summed E-state index contributed by atoms with van der Waals surface area (Å²) in [7, 11) is 0. The Labute approximate surface area is 103 Å². The van der Waals surface area contributed by atoms with Gasteiger partial charge in [-0.15, -0.1) is 0 Å². The van der Waals surface area contributed by atoms with Gasteiger partial charge < -0.3 is 0 Å². The van der Waals surface area contributed by atoms with Crippen LogP contribution in [0.5, 0.6) is 0 Å². The Hall–Kier alpha value is -0.600. The normalized spacial score (nSPS) is 11.0. The van der Waals surface area contributed by atoms with Crippen LogP contribution >= 0.6 is 27.5 Å². The maximum atomic E-state index is 6.01. The molecule has 0 bridgehead atoms. The second-order valence-electron chi connectivity index (χ2n) is 3.80. The van der Waals surface area contributed by atoms with E-state index in [9.17, 15) is 0 Å². The zero-order valence-electron chi connectivity index (χ0n) is 8.86. The Morgan fingerprint density at radius 3 is 2.47 bits per heavy atom. The topological polar surface area (TPSA) is 12.9 Å². The van der Waals surface area contributed by atoms with Gasteiger partial charge in [0.25, 0.3) is 0 Å². The van der Waals surface area contributed by atoms with E-state index in [1.165, 1.54) is 11.1 Å². The summed E-state index contributed by atoms with van der Waals surface area (Å²) in [5, 5.41) is 1.75. The summed E-state index contributed by atoms with van der Waals surface area (Å²) >= 11 is 9.59. The molecule has 1 heterocycles. The quantitative estimate of drug-likeness (QED) is 0.646. The molecule has 0 aliphatic rings. The predicted octanol–water partition coefficient (Wildman–Crippen LogP) is 4.58. The van der Waals surface area contributed by atoms with Gasteiger partial charge in [0.2, 0.25) is 0 Å². The number of hydrogen-bond acceptors (Lipinski definition) is 1. The Morgan fingerprint density at radius 2 is 1.80 bits per heavy atom. The van der Waals surface area contributed by atoms with E-state index in [0.29, 0.717) is 5.15 Å². The van der Waals surface area contributed by atoms with Crippen molar-refractivity contribution in [3.63, 3.8) is 0 Å². The van der Waals surface area contributed by atoms with Gasteiger partial charge in [0, 0.05) is 9.86 Å². The molecule has 0 unspecified atom stereocenters. The molecule has 1 aromatic heterocycles. The number of hydrogen-bond donors (Lipinski definition) is 0. The van der Waals surface area contributed by atoms with Crippen LogP contribution in [-0.4, -0.2) is 4.98 Å². The molecule has 2 rings (SSSR count). The highest BCUT2D eigenvalue weighted by Crippen LogP contribution is 2.30. The van der Waals surface area contributed by atoms with E-state index >= 15 is 0 Å². The Bertz CT molecular complexity index is 544. The summed E-state index contributed by atoms with van der Waals surface area (Å²) in [5.41, 5.74) is 4.39. The van der Waals surface area contributed by atoms with E-state index in [4.69, 9.17) is 11.6 Å². The average Bonchev–Trinajstić information content (AvgIpc) is 2.19. The van der Waals surface area contributed by atoms with Gasteiger partial charge in [-0.25, -0.2) is 4.98 Å². The SMILES string of the molecule is Cc1cc2c(C)c(Br)c(C)cc2nc1Cl. The first-order valence-corrected chi connectivity index (χ1v) is 5.90. The highest BCUT2D eigenvalue weighted by Gasteiger charge is 2.08. The third-order valence-electron chi connectivity index (χ3n) is 2.61. The lowest BCUT2D eigenvalue weighted by atomic mass is 10.1. The number of fused-ring (bicyclic) bond motifs is 1. The number of rotatable bonds is 0. The molecule has 0 spiro atoms. The smallest absolute Gasteiger partial charge is 0.132 e. The highest BCUT2D eigenvalue weighted by atomic mass is 79.9. The van der Waals surface area contributed by atoms with Crippen molar-refractivity contribution in [3.8, 4) is 0 Å². The average molecular weight is 285 g/mol. The molecule has 0 amide bonds. The monoisotopic (exact) mass is 283 g/mol. The van der Waals surface area contributed by atoms with E-state index in [-0.39, 0.29) is 0 Å². The van der Waals surface area contributed by atoms with Gasteiger partial charge >= 0.3 is 0 Å². The fourth-order valence-electron chi connectivity index (χ4n) is 1.70. The van der Waals surface area contributed by atoms with Gasteiger partial charge in [-0.3, -0.25) is 0 Å². The van der Waals surface area contributed by atoms with Crippen molar-refractivity contribution in [1.29, 1.82) is 0 Å². The third-order valence-corrected chi connectivity index (χ3v) is 4.22. The summed E-state index contributed by atoms with van der Waals surface area (Å²) in [6.07, 6.45) is 0. The number of pyridine rings is 1. The number of aromatic nitrogens is 1. The summed E-state index contributed by atoms with van der Waals surface area (Å²) in [4.78, 5) is 4.38. The second-order valence-corrected chi connectivity index (χ2v) is 4.95. The minimum absolute atomic E-state index is 0.587. The lowest BCUT2D eigenvalue weighted by Gasteiger charge is -2.09. The Kier molecular flexibility index (Phi) is 2.73. The third kappa shape index (κ3) is 1.77. The van der Waals surface area contributed by atoms with Crippen LogP contribution in [-0.2, 0) is 0 Å². The number of nitrogens with zero attached hydrogens (tertiary/aromatic N) is 1. The molecule has 3 heteroatoms. The molecular formula is C12H11BrClN. The molecule has 0 aliphatic carbocycles. The van der Waals surface area contributed by atoms with Crippen molar-refractivity contribution in [2.75, 3.05) is 0 Å². The number of aryl methyl sites for hydroxylation is 3. The molecule has 0 radical (unpaired) electrons. The van der Waals surface area contributed by atoms with Crippen LogP contribution < -0.4 is 0 Å². The van der Waals surface area contributed by atoms with Gasteiger partial charge in [0.1, 0.15) is 5.15 Å². The van der Waals surface area contributed by atoms with Crippen LogP contribution in [0.4, 0.5) is 0 Å². The van der Waals surface area contributed by atoms with E-state index in [2.05, 4.69) is 46.9 Å². The van der Waals surface area contributed by atoms with Crippen LogP contribution in [0.2, 0.25) is 5.15 Å². The van der Waals surface area contributed by atoms with Gasteiger partial charge in [-0.2, -0.15) is 0 Å². The molecule has 15 heavy (non-hydrogen) atoms. The molecule has 0 aliphatic heterocycles. The lowest BCUT2D eigenvalue weighted by molar-refractivity contribution is 1.29. The molecule has 0 fully saturated rings. The van der Waals surface area contributed by atoms with Gasteiger partial charge in [-0.05, 0) is 49.6 Å². The fraction of sp³-hybridized carbons (Fsp3) is 0.250. The molecule has 0 N–H and O–H groups in total. The summed E-state index contributed by atoms with van der Waals surface area (Å²) in [5.74, 6) is 0. The van der Waals surface area contributed by atoms with Crippen LogP contribution in [0, 0.1) is 20.8 Å². The van der Waals surface area contributed by atoms with Crippen molar-refractivity contribution >= 4 is 38.4 Å². The maximum absolute atomic E-state index is 6.01. The summed E-state index contributed by atoms with van der Waals surface area (Å²) < 4.78 is 1.15. The van der Waals surface area contributed by atoms with E-state index in [0.717, 1.165) is 20.9 Å². The Balaban J connectivity index is 2.93. The maximum Gasteiger partial charge on any atom is 0.132 e. The zero-order valence-corrected chi connectivity index (χ0v) is 11.2. The minimum atomic E-state index is 0.587. The van der Waals surface area contributed by atoms with Crippen molar-refractivity contribution in [1.82, 2.24) is 4.98 Å². The molecule has 2 aromatic rings.